The SMILES string of the molecule is C.CCCC1=NCC(C)=C1.C[C@H](c1ccc(F)nc1)[C@H]1CCC(Cc2ccc(C(=O)O)cc2)C1.Cc1cc(CN(C)C(=O)c2ccc(CC3CC[C@H]([C@H](C)c4ccc(F)nc4)C3)cc2)n[nH]1.Cc1cc(CN(C)C(=O)c2ccc(CC3CC[C@H]([C@H](O)c4ccc(F)nc4)C3)cc2)n[nH]1. The number of aliphatic hydroxyl groups excluding tert-OH is 1. The molecule has 8 aromatic rings. The summed E-state index contributed by atoms with van der Waals surface area (Å²) in [5, 5.41) is 33.8. The third-order valence-electron chi connectivity index (χ3n) is 19.9. The Hall–Kier alpha value is -8.90. The summed E-state index contributed by atoms with van der Waals surface area (Å²) in [4.78, 5) is 55.3. The van der Waals surface area contributed by atoms with Crippen LogP contribution in [-0.2, 0) is 32.4 Å². The number of aliphatic imine (C=N–C) groups is 1. The molecule has 6 heterocycles. The predicted molar refractivity (Wildman–Crippen MR) is 380 cm³/mol. The first-order chi connectivity index (χ1) is 46.6. The van der Waals surface area contributed by atoms with Crippen LogP contribution < -0.4 is 0 Å². The molecule has 12 rings (SSSR count). The zero-order chi connectivity index (χ0) is 69.1. The van der Waals surface area contributed by atoms with E-state index in [-0.39, 0.29) is 25.2 Å². The fourth-order valence-corrected chi connectivity index (χ4v) is 14.3. The number of halogens is 3. The van der Waals surface area contributed by atoms with Crippen LogP contribution in [0.4, 0.5) is 13.2 Å². The first kappa shape index (κ1) is 74.9. The van der Waals surface area contributed by atoms with Crippen molar-refractivity contribution in [3.8, 4) is 0 Å². The normalized spacial score (nSPS) is 19.4. The summed E-state index contributed by atoms with van der Waals surface area (Å²) >= 11 is 0. The second kappa shape index (κ2) is 36.1. The summed E-state index contributed by atoms with van der Waals surface area (Å²) in [7, 11) is 3.58. The fourth-order valence-electron chi connectivity index (χ4n) is 14.3. The van der Waals surface area contributed by atoms with Crippen LogP contribution in [-0.4, -0.2) is 99.5 Å². The van der Waals surface area contributed by atoms with E-state index in [9.17, 15) is 32.7 Å². The summed E-state index contributed by atoms with van der Waals surface area (Å²) in [5.74, 6) is 1.59. The van der Waals surface area contributed by atoms with Crippen LogP contribution in [0.25, 0.3) is 0 Å². The van der Waals surface area contributed by atoms with Gasteiger partial charge in [0.1, 0.15) is 0 Å². The number of benzene rings is 3. The molecule has 3 saturated carbocycles. The van der Waals surface area contributed by atoms with E-state index in [1.165, 1.54) is 90.9 Å². The number of carboxylic acid groups (broad SMARTS) is 1. The number of aryl methyl sites for hydroxylation is 2. The zero-order valence-corrected chi connectivity index (χ0v) is 57.4. The molecule has 520 valence electrons. The molecule has 3 aromatic carbocycles. The van der Waals surface area contributed by atoms with Crippen molar-refractivity contribution in [2.45, 2.75) is 170 Å². The number of hydrogen-bond acceptors (Lipinski definition) is 10. The third kappa shape index (κ3) is 21.8. The van der Waals surface area contributed by atoms with Gasteiger partial charge in [0, 0.05) is 60.9 Å². The van der Waals surface area contributed by atoms with Gasteiger partial charge in [-0.3, -0.25) is 24.8 Å². The number of hydrogen-bond donors (Lipinski definition) is 4. The summed E-state index contributed by atoms with van der Waals surface area (Å²) in [6.07, 6.45) is 21.6. The van der Waals surface area contributed by atoms with Crippen LogP contribution in [0.2, 0.25) is 0 Å². The average molecular weight is 1340 g/mol. The van der Waals surface area contributed by atoms with E-state index in [1.54, 1.807) is 54.5 Å². The molecule has 1 aliphatic heterocycles. The maximum absolute atomic E-state index is 13.1. The smallest absolute Gasteiger partial charge is 0.335 e. The molecule has 4 aliphatic rings. The maximum Gasteiger partial charge on any atom is 0.335 e. The molecule has 9 atom stereocenters. The average Bonchev–Trinajstić information content (AvgIpc) is 1.64. The van der Waals surface area contributed by atoms with Crippen LogP contribution in [0.15, 0.2) is 157 Å². The molecule has 4 N–H and O–H groups in total. The number of aromatic nitrogens is 7. The van der Waals surface area contributed by atoms with Crippen molar-refractivity contribution in [3.05, 3.63) is 242 Å². The van der Waals surface area contributed by atoms with Crippen molar-refractivity contribution in [3.63, 3.8) is 0 Å². The van der Waals surface area contributed by atoms with Crippen LogP contribution in [0.5, 0.6) is 0 Å². The van der Waals surface area contributed by atoms with Gasteiger partial charge in [-0.05, 0) is 258 Å². The lowest BCUT2D eigenvalue weighted by atomic mass is 9.86. The van der Waals surface area contributed by atoms with E-state index in [4.69, 9.17) is 5.11 Å². The Kier molecular flexibility index (Phi) is 27.6. The second-order valence-corrected chi connectivity index (χ2v) is 27.5. The lowest BCUT2D eigenvalue weighted by Gasteiger charge is -2.20. The number of carbonyl (C=O) groups excluding carboxylic acids is 2. The maximum atomic E-state index is 13.1. The molecule has 5 aromatic heterocycles. The second-order valence-electron chi connectivity index (χ2n) is 27.5. The summed E-state index contributed by atoms with van der Waals surface area (Å²) < 4.78 is 39.1. The van der Waals surface area contributed by atoms with E-state index in [0.29, 0.717) is 76.8 Å². The van der Waals surface area contributed by atoms with Gasteiger partial charge in [0.15, 0.2) is 0 Å². The van der Waals surface area contributed by atoms with Crippen LogP contribution in [0.1, 0.15) is 211 Å². The van der Waals surface area contributed by atoms with Crippen LogP contribution in [0.3, 0.4) is 0 Å². The van der Waals surface area contributed by atoms with Gasteiger partial charge < -0.3 is 20.0 Å². The Morgan fingerprint density at radius 1 is 0.541 bits per heavy atom. The molecule has 0 bridgehead atoms. The number of carboxylic acids is 1. The molecule has 0 spiro atoms. The molecule has 15 nitrogen and oxygen atoms in total. The molecule has 18 heteroatoms. The summed E-state index contributed by atoms with van der Waals surface area (Å²) in [6.45, 7) is 14.5. The summed E-state index contributed by atoms with van der Waals surface area (Å²) in [5.41, 5.74) is 14.6. The molecular weight excluding hydrogens is 1240 g/mol. The van der Waals surface area contributed by atoms with Gasteiger partial charge >= 0.3 is 5.97 Å². The highest BCUT2D eigenvalue weighted by Gasteiger charge is 2.33. The van der Waals surface area contributed by atoms with Crippen molar-refractivity contribution >= 4 is 23.5 Å². The minimum Gasteiger partial charge on any atom is -0.478 e. The zero-order valence-electron chi connectivity index (χ0n) is 57.4. The van der Waals surface area contributed by atoms with Crippen LogP contribution in [0, 0.1) is 67.2 Å². The van der Waals surface area contributed by atoms with Gasteiger partial charge in [-0.2, -0.15) is 23.4 Å². The number of allylic oxidation sites excluding steroid dienone is 1. The first-order valence-corrected chi connectivity index (χ1v) is 34.4. The number of H-pyrrole nitrogens is 2. The molecule has 0 saturated heterocycles. The Morgan fingerprint density at radius 2 is 0.918 bits per heavy atom. The first-order valence-electron chi connectivity index (χ1n) is 34.4. The molecular formula is C80H99F3N10O5. The number of carbonyl (C=O) groups is 3. The number of nitrogens with one attached hydrogen (secondary N) is 2. The Labute approximate surface area is 577 Å². The van der Waals surface area contributed by atoms with Gasteiger partial charge in [-0.15, -0.1) is 0 Å². The highest BCUT2D eigenvalue weighted by Crippen LogP contribution is 2.44. The van der Waals surface area contributed by atoms with Gasteiger partial charge in [0.25, 0.3) is 11.8 Å². The highest BCUT2D eigenvalue weighted by molar-refractivity contribution is 5.97. The van der Waals surface area contributed by atoms with Gasteiger partial charge in [0.05, 0.1) is 42.7 Å². The van der Waals surface area contributed by atoms with Crippen molar-refractivity contribution in [1.82, 2.24) is 45.1 Å². The Morgan fingerprint density at radius 3 is 1.26 bits per heavy atom. The van der Waals surface area contributed by atoms with Crippen LogP contribution >= 0.6 is 0 Å². The lowest BCUT2D eigenvalue weighted by Crippen LogP contribution is -2.26. The molecule has 0 radical (unpaired) electrons. The number of aromatic amines is 2. The van der Waals surface area contributed by atoms with E-state index < -0.39 is 29.9 Å². The molecule has 3 unspecified atom stereocenters. The van der Waals surface area contributed by atoms with E-state index in [0.717, 1.165) is 91.8 Å². The minimum atomic E-state index is -0.885. The predicted octanol–water partition coefficient (Wildman–Crippen LogP) is 17.0. The van der Waals surface area contributed by atoms with E-state index in [1.807, 2.05) is 86.6 Å². The standard InChI is InChI=1S/C26H31FN4O.C25H29FN4O2.C20H22FNO2.C8H13N.CH4/c1-17-12-24(30-29-17)16-31(3)26(32)21-7-4-19(5-8-21)13-20-6-9-22(14-20)18(2)23-10-11-25(27)28-15-23;1-16-11-22(29-28-16)15-30(2)25(32)19-6-3-17(4-7-19)12-18-5-8-20(13-18)24(31)21-9-10-23(26)27-14-21;1-13(18-8-9-19(21)22-12-18)17-7-4-15(11-17)10-14-2-5-16(6-3-14)20(23)24;1-3-4-8-5-7(2)6-9-8;/h4-5,7-8,10-12,15,18,20,22H,6,9,13-14,16H2,1-3H3,(H,29,30);3-4,6-7,9-11,14,18,20,24,31H,5,8,12-13,15H2,1-2H3,(H,28,29);2-3,5-6,8-9,12-13,15,17H,4,7,10-11H2,1H3,(H,23,24);5H,3-4,6H2,1-2H3;1H4/t18-,20?,22-;18?,20-,24-;13-,15?,17-;;/m000../s1. The van der Waals surface area contributed by atoms with E-state index >= 15 is 0 Å². The minimum absolute atomic E-state index is 0. The monoisotopic (exact) mass is 1340 g/mol. The molecule has 98 heavy (non-hydrogen) atoms. The lowest BCUT2D eigenvalue weighted by molar-refractivity contribution is 0.0695. The Bertz CT molecular complexity index is 3700. The van der Waals surface area contributed by atoms with Gasteiger partial charge in [-0.25, -0.2) is 19.7 Å². The van der Waals surface area contributed by atoms with E-state index in [2.05, 4.69) is 86.2 Å². The Balaban J connectivity index is 0.000000177. The molecule has 3 aliphatic carbocycles. The topological polar surface area (TPSA) is 207 Å². The number of amides is 2. The number of aliphatic hydroxyl groups is 1. The highest BCUT2D eigenvalue weighted by atomic mass is 19.1. The molecule has 3 fully saturated rings. The van der Waals surface area contributed by atoms with Crippen molar-refractivity contribution in [1.29, 1.82) is 0 Å². The quantitative estimate of drug-likeness (QED) is 0.0501. The third-order valence-corrected chi connectivity index (χ3v) is 19.9. The van der Waals surface area contributed by atoms with Crippen molar-refractivity contribution in [2.24, 2.45) is 40.5 Å². The largest absolute Gasteiger partial charge is 0.478 e. The molecule has 2 amide bonds. The number of nitrogens with zero attached hydrogens (tertiary/aromatic N) is 8. The van der Waals surface area contributed by atoms with Gasteiger partial charge in [-0.1, -0.05) is 94.8 Å². The van der Waals surface area contributed by atoms with Gasteiger partial charge in [0.2, 0.25) is 17.8 Å². The fraction of sp³-hybridized carbons (Fsp3) is 0.438. The number of pyridine rings is 3. The van der Waals surface area contributed by atoms with Crippen molar-refractivity contribution in [2.75, 3.05) is 20.6 Å². The summed E-state index contributed by atoms with van der Waals surface area (Å²) in [6, 6.07) is 36.4. The number of aromatic carboxylic acids is 1. The van der Waals surface area contributed by atoms with Crippen molar-refractivity contribution < 1.29 is 37.8 Å². The number of rotatable bonds is 21.